The van der Waals surface area contributed by atoms with Crippen molar-refractivity contribution < 1.29 is 9.53 Å². The molecule has 138 valence electrons. The standard InChI is InChI=1S/C20H23ClN2O3/c1-10-6-13(20(3,4)5)14(21)7-12(10)15-8-17(24)18(11(2)22-15)16-9-26-19(25)23-16/h6-8,16H,9H2,1-5H3,(H,22,24)(H,23,25)/t16-/m0/s1. The summed E-state index contributed by atoms with van der Waals surface area (Å²) in [7, 11) is 0. The van der Waals surface area contributed by atoms with Crippen molar-refractivity contribution in [2.75, 3.05) is 6.61 Å². The molecule has 1 amide bonds. The third-order valence-electron chi connectivity index (χ3n) is 4.70. The van der Waals surface area contributed by atoms with E-state index in [9.17, 15) is 9.59 Å². The number of hydrogen-bond donors (Lipinski definition) is 2. The van der Waals surface area contributed by atoms with E-state index in [0.29, 0.717) is 22.0 Å². The Bertz CT molecular complexity index is 941. The molecular weight excluding hydrogens is 352 g/mol. The van der Waals surface area contributed by atoms with E-state index in [1.165, 1.54) is 0 Å². The number of aromatic nitrogens is 1. The molecule has 2 N–H and O–H groups in total. The fraction of sp³-hybridized carbons (Fsp3) is 0.400. The molecule has 5 nitrogen and oxygen atoms in total. The van der Waals surface area contributed by atoms with E-state index < -0.39 is 12.1 Å². The van der Waals surface area contributed by atoms with Crippen LogP contribution in [0.15, 0.2) is 23.0 Å². The lowest BCUT2D eigenvalue weighted by Crippen LogP contribution is -2.26. The quantitative estimate of drug-likeness (QED) is 0.818. The zero-order chi connectivity index (χ0) is 19.2. The first-order valence-electron chi connectivity index (χ1n) is 8.56. The molecular formula is C20H23ClN2O3. The lowest BCUT2D eigenvalue weighted by Gasteiger charge is -2.23. The molecule has 26 heavy (non-hydrogen) atoms. The summed E-state index contributed by atoms with van der Waals surface area (Å²) in [5.74, 6) is 0. The Balaban J connectivity index is 2.07. The number of alkyl carbamates (subject to hydrolysis) is 1. The van der Waals surface area contributed by atoms with E-state index in [0.717, 1.165) is 16.7 Å². The van der Waals surface area contributed by atoms with Crippen LogP contribution in [0.4, 0.5) is 4.79 Å². The van der Waals surface area contributed by atoms with Gasteiger partial charge < -0.3 is 15.0 Å². The minimum absolute atomic E-state index is 0.0613. The molecule has 0 spiro atoms. The Labute approximate surface area is 157 Å². The molecule has 1 fully saturated rings. The van der Waals surface area contributed by atoms with Gasteiger partial charge in [-0.15, -0.1) is 0 Å². The number of halogens is 1. The third kappa shape index (κ3) is 3.36. The van der Waals surface area contributed by atoms with E-state index in [4.69, 9.17) is 16.3 Å². The molecule has 1 aliphatic heterocycles. The van der Waals surface area contributed by atoms with Crippen LogP contribution in [0.5, 0.6) is 0 Å². The summed E-state index contributed by atoms with van der Waals surface area (Å²) in [5.41, 5.74) is 4.74. The number of hydrogen-bond acceptors (Lipinski definition) is 3. The average molecular weight is 375 g/mol. The molecule has 1 saturated heterocycles. The lowest BCUT2D eigenvalue weighted by molar-refractivity contribution is 0.177. The number of cyclic esters (lactones) is 1. The van der Waals surface area contributed by atoms with Gasteiger partial charge in [0.25, 0.3) is 0 Å². The number of ether oxygens (including phenoxy) is 1. The molecule has 3 rings (SSSR count). The average Bonchev–Trinajstić information content (AvgIpc) is 2.93. The van der Waals surface area contributed by atoms with Crippen molar-refractivity contribution in [3.63, 3.8) is 0 Å². The molecule has 0 unspecified atom stereocenters. The number of pyridine rings is 1. The van der Waals surface area contributed by atoms with Crippen molar-refractivity contribution in [3.05, 3.63) is 55.8 Å². The number of aromatic amines is 1. The fourth-order valence-electron chi connectivity index (χ4n) is 3.36. The van der Waals surface area contributed by atoms with Gasteiger partial charge in [0, 0.05) is 33.6 Å². The summed E-state index contributed by atoms with van der Waals surface area (Å²) in [6, 6.07) is 5.11. The second-order valence-electron chi connectivity index (χ2n) is 7.78. The Morgan fingerprint density at radius 1 is 1.15 bits per heavy atom. The smallest absolute Gasteiger partial charge is 0.407 e. The van der Waals surface area contributed by atoms with Crippen LogP contribution >= 0.6 is 11.6 Å². The van der Waals surface area contributed by atoms with Crippen molar-refractivity contribution in [2.45, 2.75) is 46.1 Å². The van der Waals surface area contributed by atoms with Crippen LogP contribution in [0, 0.1) is 13.8 Å². The minimum atomic E-state index is -0.502. The van der Waals surface area contributed by atoms with Crippen LogP contribution in [0.25, 0.3) is 11.3 Å². The number of aryl methyl sites for hydroxylation is 2. The monoisotopic (exact) mass is 374 g/mol. The molecule has 1 aliphatic rings. The van der Waals surface area contributed by atoms with Crippen LogP contribution in [-0.4, -0.2) is 17.7 Å². The topological polar surface area (TPSA) is 71.2 Å². The van der Waals surface area contributed by atoms with Crippen molar-refractivity contribution >= 4 is 17.7 Å². The summed E-state index contributed by atoms with van der Waals surface area (Å²) in [6.07, 6.45) is -0.502. The van der Waals surface area contributed by atoms with E-state index in [-0.39, 0.29) is 17.5 Å². The summed E-state index contributed by atoms with van der Waals surface area (Å²) < 4.78 is 4.90. The molecule has 1 aromatic carbocycles. The molecule has 6 heteroatoms. The Kier molecular flexibility index (Phi) is 4.61. The van der Waals surface area contributed by atoms with Crippen LogP contribution in [0.1, 0.15) is 49.2 Å². The van der Waals surface area contributed by atoms with Gasteiger partial charge in [-0.1, -0.05) is 38.4 Å². The van der Waals surface area contributed by atoms with Crippen molar-refractivity contribution in [2.24, 2.45) is 0 Å². The van der Waals surface area contributed by atoms with Crippen LogP contribution in [0.2, 0.25) is 5.02 Å². The van der Waals surface area contributed by atoms with Crippen molar-refractivity contribution in [1.29, 1.82) is 0 Å². The molecule has 0 radical (unpaired) electrons. The Morgan fingerprint density at radius 3 is 2.38 bits per heavy atom. The van der Waals surface area contributed by atoms with Crippen molar-refractivity contribution in [3.8, 4) is 11.3 Å². The first-order chi connectivity index (χ1) is 12.1. The minimum Gasteiger partial charge on any atom is -0.447 e. The Morgan fingerprint density at radius 2 is 1.85 bits per heavy atom. The number of carbonyl (C=O) groups excluding carboxylic acids is 1. The van der Waals surface area contributed by atoms with E-state index in [1.54, 1.807) is 6.07 Å². The molecule has 1 atom stereocenters. The second kappa shape index (κ2) is 6.47. The van der Waals surface area contributed by atoms with Crippen LogP contribution in [0.3, 0.4) is 0 Å². The fourth-order valence-corrected chi connectivity index (χ4v) is 3.81. The van der Waals surface area contributed by atoms with Gasteiger partial charge in [0.05, 0.1) is 6.04 Å². The highest BCUT2D eigenvalue weighted by Gasteiger charge is 2.28. The maximum absolute atomic E-state index is 12.7. The van der Waals surface area contributed by atoms with Gasteiger partial charge in [0.2, 0.25) is 0 Å². The van der Waals surface area contributed by atoms with Crippen LogP contribution in [-0.2, 0) is 10.2 Å². The first-order valence-corrected chi connectivity index (χ1v) is 8.94. The molecule has 2 aromatic rings. The number of rotatable bonds is 2. The van der Waals surface area contributed by atoms with Gasteiger partial charge in [0.1, 0.15) is 6.61 Å². The SMILES string of the molecule is Cc1cc(C(C)(C)C)c(Cl)cc1-c1cc(=O)c([C@@H]2COC(=O)N2)c(C)[nH]1. The first kappa shape index (κ1) is 18.5. The normalized spacial score (nSPS) is 17.2. The summed E-state index contributed by atoms with van der Waals surface area (Å²) in [4.78, 5) is 27.2. The second-order valence-corrected chi connectivity index (χ2v) is 8.19. The maximum atomic E-state index is 12.7. The molecule has 0 saturated carbocycles. The number of carbonyl (C=O) groups is 1. The van der Waals surface area contributed by atoms with Crippen molar-refractivity contribution in [1.82, 2.24) is 10.3 Å². The van der Waals surface area contributed by atoms with Gasteiger partial charge in [-0.2, -0.15) is 0 Å². The highest BCUT2D eigenvalue weighted by Crippen LogP contribution is 2.35. The number of H-pyrrole nitrogens is 1. The number of amides is 1. The lowest BCUT2D eigenvalue weighted by atomic mass is 9.85. The highest BCUT2D eigenvalue weighted by atomic mass is 35.5. The largest absolute Gasteiger partial charge is 0.447 e. The van der Waals surface area contributed by atoms with Gasteiger partial charge in [-0.3, -0.25) is 4.79 Å². The third-order valence-corrected chi connectivity index (χ3v) is 5.01. The summed E-state index contributed by atoms with van der Waals surface area (Å²) in [5, 5.41) is 3.33. The molecule has 2 heterocycles. The van der Waals surface area contributed by atoms with Gasteiger partial charge in [-0.05, 0) is 36.5 Å². The van der Waals surface area contributed by atoms with Gasteiger partial charge in [0.15, 0.2) is 5.43 Å². The zero-order valence-electron chi connectivity index (χ0n) is 15.6. The van der Waals surface area contributed by atoms with E-state index in [1.807, 2.05) is 19.9 Å². The van der Waals surface area contributed by atoms with Gasteiger partial charge >= 0.3 is 6.09 Å². The predicted octanol–water partition coefficient (Wildman–Crippen LogP) is 4.39. The molecule has 0 bridgehead atoms. The van der Waals surface area contributed by atoms with Gasteiger partial charge in [-0.25, -0.2) is 4.79 Å². The van der Waals surface area contributed by atoms with E-state index >= 15 is 0 Å². The predicted molar refractivity (Wildman–Crippen MR) is 103 cm³/mol. The maximum Gasteiger partial charge on any atom is 0.407 e. The Hall–Kier alpha value is -2.27. The molecule has 1 aromatic heterocycles. The summed E-state index contributed by atoms with van der Waals surface area (Å²) in [6.45, 7) is 10.3. The zero-order valence-corrected chi connectivity index (χ0v) is 16.4. The van der Waals surface area contributed by atoms with E-state index in [2.05, 4.69) is 37.1 Å². The summed E-state index contributed by atoms with van der Waals surface area (Å²) >= 11 is 6.51. The molecule has 0 aliphatic carbocycles. The number of nitrogens with one attached hydrogen (secondary N) is 2. The number of benzene rings is 1. The van der Waals surface area contributed by atoms with Crippen LogP contribution < -0.4 is 10.7 Å². The highest BCUT2D eigenvalue weighted by molar-refractivity contribution is 6.31.